The van der Waals surface area contributed by atoms with Gasteiger partial charge in [-0.25, -0.2) is 15.0 Å². The summed E-state index contributed by atoms with van der Waals surface area (Å²) in [6.45, 7) is -0.0353. The van der Waals surface area contributed by atoms with Gasteiger partial charge in [0.2, 0.25) is 5.95 Å². The first kappa shape index (κ1) is 19.8. The van der Waals surface area contributed by atoms with E-state index in [0.29, 0.717) is 47.9 Å². The van der Waals surface area contributed by atoms with Gasteiger partial charge in [0, 0.05) is 71.3 Å². The lowest BCUT2D eigenvalue weighted by Crippen LogP contribution is -2.32. The molecule has 2 aromatic carbocycles. The highest BCUT2D eigenvalue weighted by Crippen LogP contribution is 2.48. The van der Waals surface area contributed by atoms with Gasteiger partial charge in [0.1, 0.15) is 5.82 Å². The summed E-state index contributed by atoms with van der Waals surface area (Å²) in [4.78, 5) is 30.5. The highest BCUT2D eigenvalue weighted by atomic mass is 16.3. The second-order valence-electron chi connectivity index (χ2n) is 10.0. The zero-order valence-electron chi connectivity index (χ0n) is 23.7. The first-order valence-corrected chi connectivity index (χ1v) is 12.6. The van der Waals surface area contributed by atoms with Crippen molar-refractivity contribution in [2.45, 2.75) is 37.6 Å². The third-order valence-electron chi connectivity index (χ3n) is 7.82. The van der Waals surface area contributed by atoms with Crippen LogP contribution in [-0.2, 0) is 0 Å². The van der Waals surface area contributed by atoms with Crippen molar-refractivity contribution in [1.29, 1.82) is 0 Å². The minimum atomic E-state index is -2.65. The van der Waals surface area contributed by atoms with Crippen molar-refractivity contribution in [3.63, 3.8) is 0 Å². The minimum absolute atomic E-state index is 0.317. The van der Waals surface area contributed by atoms with E-state index in [2.05, 4.69) is 26.4 Å². The van der Waals surface area contributed by atoms with Gasteiger partial charge in [-0.3, -0.25) is 4.79 Å². The first-order chi connectivity index (χ1) is 19.7. The number of benzene rings is 2. The van der Waals surface area contributed by atoms with Gasteiger partial charge < -0.3 is 25.2 Å². The molecule has 2 bridgehead atoms. The van der Waals surface area contributed by atoms with E-state index in [1.165, 1.54) is 0 Å². The van der Waals surface area contributed by atoms with Crippen molar-refractivity contribution >= 4 is 22.9 Å². The van der Waals surface area contributed by atoms with E-state index in [9.17, 15) is 9.90 Å². The lowest BCUT2D eigenvalue weighted by atomic mass is 9.93. The quantitative estimate of drug-likeness (QED) is 0.400. The number of imidazole rings is 1. The number of aliphatic hydroxyl groups is 1. The second-order valence-corrected chi connectivity index (χ2v) is 10.0. The fourth-order valence-corrected chi connectivity index (χ4v) is 5.98. The van der Waals surface area contributed by atoms with Crippen LogP contribution in [0.1, 0.15) is 56.8 Å². The molecule has 9 nitrogen and oxygen atoms in total. The molecule has 9 heteroatoms. The van der Waals surface area contributed by atoms with E-state index in [0.717, 1.165) is 27.1 Å². The van der Waals surface area contributed by atoms with Crippen molar-refractivity contribution in [3.05, 3.63) is 71.3 Å². The van der Waals surface area contributed by atoms with Crippen LogP contribution in [-0.4, -0.2) is 67.6 Å². The standard InChI is InChI=1S/C29H27N7O2/c1-3-5-16-6-4-7-19-26(16)23-11-24(34(2)28(19)38)27-33-21-9-8-17(10-22(21)36(23)27)18-12-31-29(32-13-18)35-14-20(30)25(37)15-35/h4,6-10,12-13,20,23-25,37H,11,14-15,30H2,1-2H3/t20-,23+,24+,25-/m0/s1/i2D3. The normalized spacial score (nSPS) is 25.2. The number of nitrogens with zero attached hydrogens (tertiary/aromatic N) is 6. The number of fused-ring (bicyclic) bond motifs is 9. The molecule has 0 saturated carbocycles. The molecule has 38 heavy (non-hydrogen) atoms. The Morgan fingerprint density at radius 1 is 1.13 bits per heavy atom. The SMILES string of the molecule is [2H]C([2H])([2H])N1C(=O)c2cccc(C#CC)c2[C@H]2C[C@@H]1c1nc3ccc(-c4cnc(N5C[C@H](N)[C@@H](O)C5)nc4)cc3n12. The number of rotatable bonds is 2. The molecule has 190 valence electrons. The van der Waals surface area contributed by atoms with E-state index in [1.807, 2.05) is 29.2 Å². The summed E-state index contributed by atoms with van der Waals surface area (Å²) in [7, 11) is 0. The Labute approximate surface area is 224 Å². The van der Waals surface area contributed by atoms with Gasteiger partial charge in [-0.05, 0) is 36.8 Å². The van der Waals surface area contributed by atoms with Crippen LogP contribution < -0.4 is 10.6 Å². The number of nitrogens with two attached hydrogens (primary N) is 1. The number of amides is 1. The van der Waals surface area contributed by atoms with Crippen molar-refractivity contribution in [2.24, 2.45) is 5.73 Å². The average Bonchev–Trinajstić information content (AvgIpc) is 3.57. The van der Waals surface area contributed by atoms with E-state index in [1.54, 1.807) is 31.5 Å². The summed E-state index contributed by atoms with van der Waals surface area (Å²) < 4.78 is 26.8. The summed E-state index contributed by atoms with van der Waals surface area (Å²) in [5.41, 5.74) is 10.9. The molecule has 7 rings (SSSR count). The maximum atomic E-state index is 13.7. The predicted octanol–water partition coefficient (Wildman–Crippen LogP) is 2.49. The average molecular weight is 509 g/mol. The topological polar surface area (TPSA) is 113 Å². The van der Waals surface area contributed by atoms with Crippen LogP contribution in [0, 0.1) is 11.8 Å². The smallest absolute Gasteiger partial charge is 0.254 e. The molecule has 1 amide bonds. The molecule has 3 N–H and O–H groups in total. The predicted molar refractivity (Wildman–Crippen MR) is 144 cm³/mol. The van der Waals surface area contributed by atoms with Gasteiger partial charge in [-0.1, -0.05) is 18.1 Å². The summed E-state index contributed by atoms with van der Waals surface area (Å²) >= 11 is 0. The molecule has 3 aliphatic heterocycles. The maximum Gasteiger partial charge on any atom is 0.254 e. The largest absolute Gasteiger partial charge is 0.390 e. The molecule has 1 saturated heterocycles. The molecule has 3 aliphatic rings. The summed E-state index contributed by atoms with van der Waals surface area (Å²) in [5.74, 6) is 6.58. The van der Waals surface area contributed by atoms with E-state index >= 15 is 0 Å². The second kappa shape index (κ2) is 8.38. The number of carbonyl (C=O) groups is 1. The Balaban J connectivity index is 1.36. The zero-order valence-corrected chi connectivity index (χ0v) is 20.7. The van der Waals surface area contributed by atoms with E-state index in [-0.39, 0.29) is 12.1 Å². The van der Waals surface area contributed by atoms with Crippen LogP contribution in [0.25, 0.3) is 22.2 Å². The number of aromatic nitrogens is 4. The van der Waals surface area contributed by atoms with Crippen LogP contribution in [0.4, 0.5) is 5.95 Å². The fourth-order valence-electron chi connectivity index (χ4n) is 5.98. The zero-order chi connectivity index (χ0) is 28.6. The van der Waals surface area contributed by atoms with Crippen molar-refractivity contribution in [2.75, 3.05) is 25.0 Å². The third-order valence-corrected chi connectivity index (χ3v) is 7.82. The van der Waals surface area contributed by atoms with Crippen molar-refractivity contribution in [1.82, 2.24) is 24.4 Å². The summed E-state index contributed by atoms with van der Waals surface area (Å²) in [6, 6.07) is 9.77. The molecule has 0 unspecified atom stereocenters. The summed E-state index contributed by atoms with van der Waals surface area (Å²) in [6.07, 6.45) is 3.26. The fraction of sp³-hybridized carbons (Fsp3) is 0.310. The molecule has 0 aliphatic carbocycles. The third kappa shape index (κ3) is 3.27. The van der Waals surface area contributed by atoms with Crippen LogP contribution in [0.5, 0.6) is 0 Å². The lowest BCUT2D eigenvalue weighted by Gasteiger charge is -2.24. The highest BCUT2D eigenvalue weighted by Gasteiger charge is 2.44. The highest BCUT2D eigenvalue weighted by molar-refractivity contribution is 5.98. The van der Waals surface area contributed by atoms with Crippen LogP contribution in [0.15, 0.2) is 48.8 Å². The van der Waals surface area contributed by atoms with Gasteiger partial charge in [-0.15, -0.1) is 5.92 Å². The summed E-state index contributed by atoms with van der Waals surface area (Å²) in [5, 5.41) is 9.99. The number of anilines is 1. The van der Waals surface area contributed by atoms with Gasteiger partial charge in [-0.2, -0.15) is 0 Å². The Morgan fingerprint density at radius 3 is 2.71 bits per heavy atom. The number of hydrogen-bond acceptors (Lipinski definition) is 7. The monoisotopic (exact) mass is 508 g/mol. The molecule has 4 atom stereocenters. The molecule has 4 aromatic rings. The number of carbonyl (C=O) groups excluding carboxylic acids is 1. The molecule has 1 fully saturated rings. The minimum Gasteiger partial charge on any atom is -0.390 e. The van der Waals surface area contributed by atoms with E-state index < -0.39 is 25.0 Å². The number of hydrogen-bond donors (Lipinski definition) is 2. The van der Waals surface area contributed by atoms with Crippen LogP contribution in [0.2, 0.25) is 0 Å². The van der Waals surface area contributed by atoms with Gasteiger partial charge >= 0.3 is 0 Å². The molecule has 0 spiro atoms. The molecular formula is C29H27N7O2. The molecule has 2 aromatic heterocycles. The van der Waals surface area contributed by atoms with Gasteiger partial charge in [0.05, 0.1) is 29.2 Å². The van der Waals surface area contributed by atoms with Crippen molar-refractivity contribution < 1.29 is 14.0 Å². The Bertz CT molecular complexity index is 1760. The molecule has 0 radical (unpaired) electrons. The molecular weight excluding hydrogens is 478 g/mol. The Hall–Kier alpha value is -4.26. The van der Waals surface area contributed by atoms with Gasteiger partial charge in [0.25, 0.3) is 5.91 Å². The first-order valence-electron chi connectivity index (χ1n) is 14.1. The molecule has 5 heterocycles. The van der Waals surface area contributed by atoms with E-state index in [4.69, 9.17) is 14.8 Å². The lowest BCUT2D eigenvalue weighted by molar-refractivity contribution is 0.0734. The Kier molecular flexibility index (Phi) is 4.37. The van der Waals surface area contributed by atoms with Crippen LogP contribution in [0.3, 0.4) is 0 Å². The van der Waals surface area contributed by atoms with Crippen LogP contribution >= 0.6 is 0 Å². The van der Waals surface area contributed by atoms with Crippen molar-refractivity contribution in [3.8, 4) is 23.0 Å². The Morgan fingerprint density at radius 2 is 1.97 bits per heavy atom. The maximum absolute atomic E-state index is 13.7. The number of β-amino-alcohol motifs (C(OH)–C–C–N with tert-alkyl or cyclic N) is 1. The van der Waals surface area contributed by atoms with Gasteiger partial charge in [0.15, 0.2) is 0 Å². The number of aliphatic hydroxyl groups excluding tert-OH is 1.